The highest BCUT2D eigenvalue weighted by Crippen LogP contribution is 2.16. The Morgan fingerprint density at radius 1 is 1.32 bits per heavy atom. The van der Waals surface area contributed by atoms with E-state index in [0.29, 0.717) is 11.3 Å². The number of aliphatic hydroxyl groups is 1. The molecule has 5 heteroatoms. The SMILES string of the molecule is NC(=O)c1cnccc1NC[C@@H](O)c1ccccc1. The molecule has 0 aliphatic carbocycles. The molecule has 0 aliphatic heterocycles. The maximum atomic E-state index is 11.2. The van der Waals surface area contributed by atoms with Gasteiger partial charge in [-0.25, -0.2) is 0 Å². The third kappa shape index (κ3) is 3.29. The van der Waals surface area contributed by atoms with Crippen LogP contribution in [0.1, 0.15) is 22.0 Å². The number of hydrogen-bond donors (Lipinski definition) is 3. The van der Waals surface area contributed by atoms with E-state index >= 15 is 0 Å². The van der Waals surface area contributed by atoms with E-state index in [1.165, 1.54) is 6.20 Å². The van der Waals surface area contributed by atoms with Gasteiger partial charge in [-0.15, -0.1) is 0 Å². The van der Waals surface area contributed by atoms with Gasteiger partial charge in [0.25, 0.3) is 5.91 Å². The minimum atomic E-state index is -0.657. The lowest BCUT2D eigenvalue weighted by atomic mass is 10.1. The van der Waals surface area contributed by atoms with Crippen LogP contribution < -0.4 is 11.1 Å². The normalized spacial score (nSPS) is 11.8. The third-order valence-corrected chi connectivity index (χ3v) is 2.76. The molecule has 19 heavy (non-hydrogen) atoms. The summed E-state index contributed by atoms with van der Waals surface area (Å²) in [6, 6.07) is 10.9. The van der Waals surface area contributed by atoms with Crippen LogP contribution in [-0.4, -0.2) is 22.5 Å². The van der Waals surface area contributed by atoms with E-state index in [4.69, 9.17) is 5.73 Å². The van der Waals surface area contributed by atoms with Gasteiger partial charge in [0.2, 0.25) is 0 Å². The van der Waals surface area contributed by atoms with E-state index in [-0.39, 0.29) is 6.54 Å². The Hall–Kier alpha value is -2.40. The van der Waals surface area contributed by atoms with Gasteiger partial charge in [0, 0.05) is 18.9 Å². The minimum Gasteiger partial charge on any atom is -0.387 e. The van der Waals surface area contributed by atoms with Crippen LogP contribution in [0, 0.1) is 0 Å². The molecule has 0 radical (unpaired) electrons. The highest BCUT2D eigenvalue weighted by atomic mass is 16.3. The lowest BCUT2D eigenvalue weighted by Crippen LogP contribution is -2.17. The fourth-order valence-electron chi connectivity index (χ4n) is 1.74. The zero-order chi connectivity index (χ0) is 13.7. The molecule has 0 bridgehead atoms. The predicted octanol–water partition coefficient (Wildman–Crippen LogP) is 1.33. The van der Waals surface area contributed by atoms with Gasteiger partial charge >= 0.3 is 0 Å². The summed E-state index contributed by atoms with van der Waals surface area (Å²) in [6.45, 7) is 0.286. The number of benzene rings is 1. The fraction of sp³-hybridized carbons (Fsp3) is 0.143. The molecular formula is C14H15N3O2. The van der Waals surface area contributed by atoms with E-state index in [0.717, 1.165) is 5.56 Å². The molecular weight excluding hydrogens is 242 g/mol. The Kier molecular flexibility index (Phi) is 4.10. The lowest BCUT2D eigenvalue weighted by Gasteiger charge is -2.14. The van der Waals surface area contributed by atoms with Gasteiger partial charge in [0.05, 0.1) is 17.4 Å². The predicted molar refractivity (Wildman–Crippen MR) is 72.6 cm³/mol. The maximum Gasteiger partial charge on any atom is 0.252 e. The third-order valence-electron chi connectivity index (χ3n) is 2.76. The highest BCUT2D eigenvalue weighted by Gasteiger charge is 2.10. The number of aromatic nitrogens is 1. The molecule has 2 aromatic rings. The van der Waals surface area contributed by atoms with Crippen LogP contribution in [0.25, 0.3) is 0 Å². The van der Waals surface area contributed by atoms with E-state index in [9.17, 15) is 9.90 Å². The number of aliphatic hydroxyl groups excluding tert-OH is 1. The van der Waals surface area contributed by atoms with Crippen molar-refractivity contribution in [1.29, 1.82) is 0 Å². The van der Waals surface area contributed by atoms with Gasteiger partial charge in [0.1, 0.15) is 0 Å². The van der Waals surface area contributed by atoms with E-state index in [1.54, 1.807) is 12.3 Å². The van der Waals surface area contributed by atoms with Crippen LogP contribution in [0.2, 0.25) is 0 Å². The lowest BCUT2D eigenvalue weighted by molar-refractivity contribution is 0.100. The molecule has 0 unspecified atom stereocenters. The van der Waals surface area contributed by atoms with Gasteiger partial charge in [-0.2, -0.15) is 0 Å². The quantitative estimate of drug-likeness (QED) is 0.754. The first kappa shape index (κ1) is 13.0. The molecule has 0 saturated heterocycles. The van der Waals surface area contributed by atoms with Crippen molar-refractivity contribution in [2.24, 2.45) is 5.73 Å². The Morgan fingerprint density at radius 2 is 2.05 bits per heavy atom. The minimum absolute atomic E-state index is 0.286. The van der Waals surface area contributed by atoms with Crippen molar-refractivity contribution in [3.05, 3.63) is 59.9 Å². The molecule has 5 nitrogen and oxygen atoms in total. The number of anilines is 1. The van der Waals surface area contributed by atoms with E-state index in [2.05, 4.69) is 10.3 Å². The van der Waals surface area contributed by atoms with Crippen LogP contribution in [0.5, 0.6) is 0 Å². The van der Waals surface area contributed by atoms with Crippen LogP contribution >= 0.6 is 0 Å². The zero-order valence-corrected chi connectivity index (χ0v) is 10.3. The van der Waals surface area contributed by atoms with Crippen molar-refractivity contribution in [1.82, 2.24) is 4.98 Å². The van der Waals surface area contributed by atoms with Crippen molar-refractivity contribution >= 4 is 11.6 Å². The highest BCUT2D eigenvalue weighted by molar-refractivity contribution is 5.98. The molecule has 1 aromatic heterocycles. The van der Waals surface area contributed by atoms with Gasteiger partial charge in [0.15, 0.2) is 0 Å². The first-order valence-electron chi connectivity index (χ1n) is 5.89. The van der Waals surface area contributed by atoms with Crippen molar-refractivity contribution in [2.75, 3.05) is 11.9 Å². The average Bonchev–Trinajstić information content (AvgIpc) is 2.46. The summed E-state index contributed by atoms with van der Waals surface area (Å²) in [5.41, 5.74) is 6.94. The summed E-state index contributed by atoms with van der Waals surface area (Å²) >= 11 is 0. The number of hydrogen-bond acceptors (Lipinski definition) is 4. The molecule has 0 fully saturated rings. The molecule has 4 N–H and O–H groups in total. The number of primary amides is 1. The summed E-state index contributed by atoms with van der Waals surface area (Å²) < 4.78 is 0. The molecule has 0 saturated carbocycles. The molecule has 0 spiro atoms. The van der Waals surface area contributed by atoms with Crippen LogP contribution in [0.15, 0.2) is 48.8 Å². The monoisotopic (exact) mass is 257 g/mol. The number of carbonyl (C=O) groups excluding carboxylic acids is 1. The Morgan fingerprint density at radius 3 is 2.74 bits per heavy atom. The van der Waals surface area contributed by atoms with E-state index < -0.39 is 12.0 Å². The summed E-state index contributed by atoms with van der Waals surface area (Å²) in [7, 11) is 0. The average molecular weight is 257 g/mol. The first-order valence-corrected chi connectivity index (χ1v) is 5.89. The Balaban J connectivity index is 2.05. The molecule has 2 rings (SSSR count). The second kappa shape index (κ2) is 5.97. The smallest absolute Gasteiger partial charge is 0.252 e. The molecule has 0 aliphatic rings. The van der Waals surface area contributed by atoms with E-state index in [1.807, 2.05) is 30.3 Å². The molecule has 1 atom stereocenters. The van der Waals surface area contributed by atoms with Crippen LogP contribution in [0.3, 0.4) is 0 Å². The largest absolute Gasteiger partial charge is 0.387 e. The number of nitrogens with two attached hydrogens (primary N) is 1. The fourth-order valence-corrected chi connectivity index (χ4v) is 1.74. The van der Waals surface area contributed by atoms with Crippen LogP contribution in [-0.2, 0) is 0 Å². The number of rotatable bonds is 5. The number of amides is 1. The first-order chi connectivity index (χ1) is 9.18. The summed E-state index contributed by atoms with van der Waals surface area (Å²) in [6.07, 6.45) is 2.30. The molecule has 1 amide bonds. The van der Waals surface area contributed by atoms with Crippen molar-refractivity contribution in [3.63, 3.8) is 0 Å². The maximum absolute atomic E-state index is 11.2. The number of nitrogens with zero attached hydrogens (tertiary/aromatic N) is 1. The zero-order valence-electron chi connectivity index (χ0n) is 10.3. The van der Waals surface area contributed by atoms with Gasteiger partial charge in [-0.3, -0.25) is 9.78 Å². The molecule has 1 aromatic carbocycles. The Labute approximate surface area is 111 Å². The van der Waals surface area contributed by atoms with Crippen molar-refractivity contribution < 1.29 is 9.90 Å². The van der Waals surface area contributed by atoms with Crippen LogP contribution in [0.4, 0.5) is 5.69 Å². The Bertz CT molecular complexity index is 558. The number of nitrogens with one attached hydrogen (secondary N) is 1. The second-order valence-electron chi connectivity index (χ2n) is 4.09. The summed E-state index contributed by atoms with van der Waals surface area (Å²) in [5, 5.41) is 13.0. The van der Waals surface area contributed by atoms with Gasteiger partial charge in [-0.1, -0.05) is 30.3 Å². The van der Waals surface area contributed by atoms with Crippen molar-refractivity contribution in [2.45, 2.75) is 6.10 Å². The second-order valence-corrected chi connectivity index (χ2v) is 4.09. The number of pyridine rings is 1. The topological polar surface area (TPSA) is 88.2 Å². The summed E-state index contributed by atoms with van der Waals surface area (Å²) in [4.78, 5) is 15.1. The standard InChI is InChI=1S/C14H15N3O2/c15-14(19)11-8-16-7-6-12(11)17-9-13(18)10-4-2-1-3-5-10/h1-8,13,18H,9H2,(H2,15,19)(H,16,17)/t13-/m1/s1. The van der Waals surface area contributed by atoms with Crippen molar-refractivity contribution in [3.8, 4) is 0 Å². The number of carbonyl (C=O) groups is 1. The van der Waals surface area contributed by atoms with Gasteiger partial charge < -0.3 is 16.2 Å². The molecule has 98 valence electrons. The molecule has 1 heterocycles. The van der Waals surface area contributed by atoms with Gasteiger partial charge in [-0.05, 0) is 11.6 Å². The summed E-state index contributed by atoms with van der Waals surface area (Å²) in [5.74, 6) is -0.551.